The van der Waals surface area contributed by atoms with E-state index in [4.69, 9.17) is 4.74 Å². The van der Waals surface area contributed by atoms with Crippen LogP contribution in [0.4, 0.5) is 23.2 Å². The van der Waals surface area contributed by atoms with Gasteiger partial charge < -0.3 is 19.9 Å². The molecule has 4 rings (SSSR count). The van der Waals surface area contributed by atoms with Gasteiger partial charge in [-0.2, -0.15) is 0 Å². The number of carbonyl (C=O) groups excluding carboxylic acids is 2. The van der Waals surface area contributed by atoms with Gasteiger partial charge in [-0.3, -0.25) is 9.59 Å². The number of hydrogen-bond donors (Lipinski definition) is 1. The largest absolute Gasteiger partial charge is 0.476 e. The molecule has 3 aliphatic rings. The van der Waals surface area contributed by atoms with Crippen molar-refractivity contribution in [1.82, 2.24) is 15.2 Å². The Balaban J connectivity index is 1.50. The highest BCUT2D eigenvalue weighted by molar-refractivity contribution is 5.97. The fourth-order valence-electron chi connectivity index (χ4n) is 3.77. The van der Waals surface area contributed by atoms with Gasteiger partial charge in [-0.15, -0.1) is 0 Å². The molecular weight excluding hydrogens is 444 g/mol. The van der Waals surface area contributed by atoms with Crippen LogP contribution in [-0.2, 0) is 4.79 Å². The van der Waals surface area contributed by atoms with Crippen LogP contribution < -0.4 is 15.0 Å². The Bertz CT molecular complexity index is 930. The van der Waals surface area contributed by atoms with Crippen molar-refractivity contribution in [3.63, 3.8) is 0 Å². The molecule has 0 bridgehead atoms. The Kier molecular flexibility index (Phi) is 5.73. The van der Waals surface area contributed by atoms with E-state index in [9.17, 15) is 27.2 Å². The van der Waals surface area contributed by atoms with Crippen LogP contribution in [0.5, 0.6) is 5.88 Å². The Hall–Kier alpha value is -2.59. The van der Waals surface area contributed by atoms with Gasteiger partial charge in [0.05, 0.1) is 32.8 Å². The molecular formula is C22H28F4N4O3. The highest BCUT2D eigenvalue weighted by Gasteiger charge is 2.49. The van der Waals surface area contributed by atoms with Crippen LogP contribution in [0.3, 0.4) is 0 Å². The van der Waals surface area contributed by atoms with Gasteiger partial charge in [0.1, 0.15) is 17.4 Å². The van der Waals surface area contributed by atoms with E-state index in [0.29, 0.717) is 18.2 Å². The van der Waals surface area contributed by atoms with Crippen LogP contribution in [0.15, 0.2) is 12.1 Å². The predicted molar refractivity (Wildman–Crippen MR) is 112 cm³/mol. The molecule has 1 aromatic rings. The summed E-state index contributed by atoms with van der Waals surface area (Å²) < 4.78 is 59.0. The second-order valence-electron chi connectivity index (χ2n) is 10.3. The summed E-state index contributed by atoms with van der Waals surface area (Å²) in [7, 11) is 0. The van der Waals surface area contributed by atoms with E-state index in [-0.39, 0.29) is 11.6 Å². The number of halogens is 4. The number of likely N-dealkylation sites (tertiary alicyclic amines) is 1. The van der Waals surface area contributed by atoms with Crippen molar-refractivity contribution < 1.29 is 31.9 Å². The summed E-state index contributed by atoms with van der Waals surface area (Å²) in [5, 5.41) is 2.62. The standard InChI is InChI=1S/C22H28F4N4O3/c1-20(2,3)16(19(32)30-11-22(25,26)12-30)28-17(31)14-6-7-15(29-9-21(23,24)10-29)18(27-14)33-8-13-4-5-13/h6-7,13,16H,4-5,8-12H2,1-3H3,(H,28,31)/t16-/m1/s1. The molecule has 3 heterocycles. The molecule has 0 unspecified atom stereocenters. The van der Waals surface area contributed by atoms with Crippen molar-refractivity contribution in [2.75, 3.05) is 37.7 Å². The fraction of sp³-hybridized carbons (Fsp3) is 0.682. The molecule has 1 N–H and O–H groups in total. The molecule has 33 heavy (non-hydrogen) atoms. The Morgan fingerprint density at radius 3 is 2.24 bits per heavy atom. The summed E-state index contributed by atoms with van der Waals surface area (Å²) in [6, 6.07) is 1.84. The predicted octanol–water partition coefficient (Wildman–Crippen LogP) is 2.95. The molecule has 3 fully saturated rings. The highest BCUT2D eigenvalue weighted by atomic mass is 19.3. The summed E-state index contributed by atoms with van der Waals surface area (Å²) in [5.41, 5.74) is -0.413. The molecule has 0 spiro atoms. The van der Waals surface area contributed by atoms with Crippen LogP contribution in [-0.4, -0.2) is 72.4 Å². The Morgan fingerprint density at radius 2 is 1.73 bits per heavy atom. The number of rotatable bonds is 7. The summed E-state index contributed by atoms with van der Waals surface area (Å²) >= 11 is 0. The van der Waals surface area contributed by atoms with E-state index in [1.165, 1.54) is 17.0 Å². The van der Waals surface area contributed by atoms with E-state index in [0.717, 1.165) is 17.7 Å². The number of hydrogen-bond acceptors (Lipinski definition) is 5. The number of aromatic nitrogens is 1. The summed E-state index contributed by atoms with van der Waals surface area (Å²) in [6.07, 6.45) is 2.03. The molecule has 11 heteroatoms. The molecule has 2 aliphatic heterocycles. The minimum atomic E-state index is -2.92. The zero-order valence-corrected chi connectivity index (χ0v) is 18.8. The van der Waals surface area contributed by atoms with Gasteiger partial charge >= 0.3 is 0 Å². The normalized spacial score (nSPS) is 22.2. The summed E-state index contributed by atoms with van der Waals surface area (Å²) in [6.45, 7) is 3.26. The molecule has 2 saturated heterocycles. The average molecular weight is 472 g/mol. The Labute approximate surface area is 189 Å². The molecule has 0 radical (unpaired) electrons. The molecule has 0 aromatic carbocycles. The van der Waals surface area contributed by atoms with Crippen molar-refractivity contribution in [2.45, 2.75) is 51.5 Å². The number of pyridine rings is 1. The van der Waals surface area contributed by atoms with E-state index in [2.05, 4.69) is 10.3 Å². The maximum absolute atomic E-state index is 13.4. The lowest BCUT2D eigenvalue weighted by molar-refractivity contribution is -0.169. The second-order valence-corrected chi connectivity index (χ2v) is 10.3. The van der Waals surface area contributed by atoms with Crippen LogP contribution in [0.1, 0.15) is 44.1 Å². The van der Waals surface area contributed by atoms with Crippen LogP contribution in [0, 0.1) is 11.3 Å². The topological polar surface area (TPSA) is 74.8 Å². The SMILES string of the molecule is CC(C)(C)[C@H](NC(=O)c1ccc(N2CC(F)(F)C2)c(OCC2CC2)n1)C(=O)N1CC(F)(F)C1. The van der Waals surface area contributed by atoms with Crippen LogP contribution in [0.2, 0.25) is 0 Å². The second kappa shape index (κ2) is 8.02. The number of carbonyl (C=O) groups is 2. The zero-order valence-electron chi connectivity index (χ0n) is 18.8. The Morgan fingerprint density at radius 1 is 1.12 bits per heavy atom. The maximum Gasteiger partial charge on any atom is 0.282 e. The molecule has 1 aromatic heterocycles. The number of alkyl halides is 4. The van der Waals surface area contributed by atoms with Gasteiger partial charge in [0.2, 0.25) is 11.8 Å². The van der Waals surface area contributed by atoms with E-state index < -0.39 is 61.3 Å². The van der Waals surface area contributed by atoms with Gasteiger partial charge in [-0.25, -0.2) is 22.5 Å². The van der Waals surface area contributed by atoms with Crippen molar-refractivity contribution in [2.24, 2.45) is 11.3 Å². The molecule has 2 amide bonds. The third-order valence-electron chi connectivity index (χ3n) is 5.96. The van der Waals surface area contributed by atoms with E-state index in [1.54, 1.807) is 20.8 Å². The summed E-state index contributed by atoms with van der Waals surface area (Å²) in [4.78, 5) is 32.4. The first-order valence-corrected chi connectivity index (χ1v) is 11.0. The van der Waals surface area contributed by atoms with Gasteiger partial charge in [-0.05, 0) is 36.3 Å². The number of nitrogens with one attached hydrogen (secondary N) is 1. The molecule has 182 valence electrons. The third-order valence-corrected chi connectivity index (χ3v) is 5.96. The van der Waals surface area contributed by atoms with Crippen molar-refractivity contribution >= 4 is 17.5 Å². The first kappa shape index (κ1) is 23.6. The van der Waals surface area contributed by atoms with Crippen molar-refractivity contribution in [3.05, 3.63) is 17.8 Å². The highest BCUT2D eigenvalue weighted by Crippen LogP contribution is 2.38. The maximum atomic E-state index is 13.4. The molecule has 1 aliphatic carbocycles. The molecule has 1 atom stereocenters. The minimum absolute atomic E-state index is 0.0483. The quantitative estimate of drug-likeness (QED) is 0.618. The number of nitrogens with zero attached hydrogens (tertiary/aromatic N) is 3. The van der Waals surface area contributed by atoms with E-state index >= 15 is 0 Å². The lowest BCUT2D eigenvalue weighted by atomic mass is 9.85. The lowest BCUT2D eigenvalue weighted by Gasteiger charge is -2.43. The monoisotopic (exact) mass is 472 g/mol. The smallest absolute Gasteiger partial charge is 0.282 e. The number of anilines is 1. The van der Waals surface area contributed by atoms with Gasteiger partial charge in [0.15, 0.2) is 0 Å². The molecule has 7 nitrogen and oxygen atoms in total. The third kappa shape index (κ3) is 5.33. The van der Waals surface area contributed by atoms with E-state index in [1.807, 2.05) is 0 Å². The number of amides is 2. The molecule has 1 saturated carbocycles. The lowest BCUT2D eigenvalue weighted by Crippen LogP contribution is -2.64. The van der Waals surface area contributed by atoms with Crippen molar-refractivity contribution in [3.8, 4) is 5.88 Å². The van der Waals surface area contributed by atoms with Crippen LogP contribution in [0.25, 0.3) is 0 Å². The fourth-order valence-corrected chi connectivity index (χ4v) is 3.77. The zero-order chi connectivity index (χ0) is 24.2. The first-order chi connectivity index (χ1) is 15.2. The first-order valence-electron chi connectivity index (χ1n) is 11.0. The van der Waals surface area contributed by atoms with Crippen LogP contribution >= 0.6 is 0 Å². The average Bonchev–Trinajstić information content (AvgIpc) is 3.49. The van der Waals surface area contributed by atoms with Gasteiger partial charge in [0.25, 0.3) is 17.8 Å². The van der Waals surface area contributed by atoms with Gasteiger partial charge in [0, 0.05) is 0 Å². The van der Waals surface area contributed by atoms with Crippen molar-refractivity contribution in [1.29, 1.82) is 0 Å². The summed E-state index contributed by atoms with van der Waals surface area (Å²) in [5.74, 6) is -6.49. The van der Waals surface area contributed by atoms with Gasteiger partial charge in [-0.1, -0.05) is 20.8 Å². The number of ether oxygens (including phenoxy) is 1. The minimum Gasteiger partial charge on any atom is -0.476 e.